The van der Waals surface area contributed by atoms with E-state index in [2.05, 4.69) is 26.3 Å². The number of nitrogens with zero attached hydrogens (tertiary/aromatic N) is 1. The smallest absolute Gasteiger partial charge is 0.324 e. The molecule has 1 unspecified atom stereocenters. The van der Waals surface area contributed by atoms with Crippen LogP contribution in [0.15, 0.2) is 66.9 Å². The van der Waals surface area contributed by atoms with E-state index >= 15 is 0 Å². The van der Waals surface area contributed by atoms with Crippen LogP contribution in [0, 0.1) is 0 Å². The molecule has 5 N–H and O–H groups in total. The molecule has 0 spiro atoms. The van der Waals surface area contributed by atoms with Crippen LogP contribution in [0.3, 0.4) is 0 Å². The van der Waals surface area contributed by atoms with Gasteiger partial charge in [0.2, 0.25) is 11.8 Å². The number of pyridine rings is 1. The fourth-order valence-electron chi connectivity index (χ4n) is 4.13. The summed E-state index contributed by atoms with van der Waals surface area (Å²) in [6, 6.07) is 14.6. The Morgan fingerprint density at radius 2 is 1.67 bits per heavy atom. The minimum absolute atomic E-state index is 0.00229. The Bertz CT molecular complexity index is 1390. The van der Waals surface area contributed by atoms with Gasteiger partial charge < -0.3 is 30.5 Å². The van der Waals surface area contributed by atoms with Gasteiger partial charge >= 0.3 is 12.0 Å². The Hall–Kier alpha value is -4.78. The molecule has 2 atom stereocenters. The van der Waals surface area contributed by atoms with Crippen LogP contribution in [0.2, 0.25) is 0 Å². The number of carbonyl (C=O) groups excluding carboxylic acids is 3. The first kappa shape index (κ1) is 32.7. The zero-order valence-corrected chi connectivity index (χ0v) is 24.9. The van der Waals surface area contributed by atoms with Crippen LogP contribution >= 0.6 is 11.8 Å². The minimum atomic E-state index is -1.10. The standard InChI is InChI=1S/C30H35N5O7S/c1-41-24-12-9-20(17-25(24)42-2)23(18-28(37)38)34-29(39)22(13-15-43-3)33-27(36)16-19-7-10-21(11-8-19)32-30(40)35-26-6-4-5-14-31-26/h4-12,14,17,22-23H,13,15-16,18H2,1-3H3,(H,33,36)(H,34,39)(H,37,38)(H2,31,32,35,40)/t22-,23?/m0/s1. The Kier molecular flexibility index (Phi) is 12.6. The average molecular weight is 610 g/mol. The molecule has 228 valence electrons. The molecule has 0 saturated heterocycles. The average Bonchev–Trinajstić information content (AvgIpc) is 2.99. The molecule has 0 fully saturated rings. The van der Waals surface area contributed by atoms with Crippen LogP contribution in [0.1, 0.15) is 30.0 Å². The van der Waals surface area contributed by atoms with Crippen LogP contribution in [-0.4, -0.2) is 66.2 Å². The maximum Gasteiger partial charge on any atom is 0.324 e. The lowest BCUT2D eigenvalue weighted by Crippen LogP contribution is -2.48. The molecule has 0 aliphatic carbocycles. The van der Waals surface area contributed by atoms with Crippen molar-refractivity contribution in [1.82, 2.24) is 15.6 Å². The second kappa shape index (κ2) is 16.6. The predicted molar refractivity (Wildman–Crippen MR) is 165 cm³/mol. The van der Waals surface area contributed by atoms with Gasteiger partial charge in [-0.15, -0.1) is 0 Å². The second-order valence-electron chi connectivity index (χ2n) is 9.34. The largest absolute Gasteiger partial charge is 0.493 e. The van der Waals surface area contributed by atoms with Crippen molar-refractivity contribution in [2.45, 2.75) is 31.3 Å². The number of rotatable bonds is 15. The highest BCUT2D eigenvalue weighted by Crippen LogP contribution is 2.31. The van der Waals surface area contributed by atoms with Gasteiger partial charge in [-0.05, 0) is 66.0 Å². The molecule has 0 saturated carbocycles. The van der Waals surface area contributed by atoms with E-state index in [0.29, 0.717) is 46.3 Å². The summed E-state index contributed by atoms with van der Waals surface area (Å²) in [5, 5.41) is 20.4. The summed E-state index contributed by atoms with van der Waals surface area (Å²) in [4.78, 5) is 54.1. The molecule has 43 heavy (non-hydrogen) atoms. The summed E-state index contributed by atoms with van der Waals surface area (Å²) in [5.74, 6) is -0.111. The fourth-order valence-corrected chi connectivity index (χ4v) is 4.60. The van der Waals surface area contributed by atoms with E-state index in [1.807, 2.05) is 6.26 Å². The first-order valence-corrected chi connectivity index (χ1v) is 14.7. The monoisotopic (exact) mass is 609 g/mol. The van der Waals surface area contributed by atoms with Gasteiger partial charge in [0.15, 0.2) is 11.5 Å². The molecule has 12 nitrogen and oxygen atoms in total. The number of hydrogen-bond acceptors (Lipinski definition) is 8. The normalized spacial score (nSPS) is 11.9. The lowest BCUT2D eigenvalue weighted by atomic mass is 10.0. The van der Waals surface area contributed by atoms with Crippen molar-refractivity contribution in [3.8, 4) is 11.5 Å². The maximum absolute atomic E-state index is 13.3. The number of aliphatic carboxylic acids is 1. The highest BCUT2D eigenvalue weighted by Gasteiger charge is 2.26. The summed E-state index contributed by atoms with van der Waals surface area (Å²) >= 11 is 1.52. The molecular formula is C30H35N5O7S. The Labute approximate surface area is 253 Å². The van der Waals surface area contributed by atoms with Gasteiger partial charge in [0.05, 0.1) is 33.1 Å². The highest BCUT2D eigenvalue weighted by atomic mass is 32.2. The number of anilines is 2. The van der Waals surface area contributed by atoms with E-state index in [1.54, 1.807) is 66.9 Å². The van der Waals surface area contributed by atoms with Crippen molar-refractivity contribution in [3.63, 3.8) is 0 Å². The van der Waals surface area contributed by atoms with Crippen molar-refractivity contribution in [3.05, 3.63) is 78.0 Å². The van der Waals surface area contributed by atoms with E-state index < -0.39 is 30.0 Å². The van der Waals surface area contributed by atoms with Gasteiger partial charge in [-0.3, -0.25) is 19.7 Å². The SMILES string of the molecule is COc1ccc(C(CC(=O)O)NC(=O)[C@H](CCSC)NC(=O)Cc2ccc(NC(=O)Nc3ccccn3)cc2)cc1OC. The molecule has 3 aromatic rings. The maximum atomic E-state index is 13.3. The number of amides is 4. The first-order chi connectivity index (χ1) is 20.7. The molecule has 0 radical (unpaired) electrons. The number of thioether (sulfide) groups is 1. The van der Waals surface area contributed by atoms with Crippen LogP contribution in [0.25, 0.3) is 0 Å². The molecule has 0 aliphatic rings. The molecule has 3 rings (SSSR count). The number of aromatic nitrogens is 1. The number of carboxylic acids is 1. The molecule has 2 aromatic carbocycles. The third kappa shape index (κ3) is 10.5. The zero-order chi connectivity index (χ0) is 31.2. The van der Waals surface area contributed by atoms with E-state index in [0.717, 1.165) is 0 Å². The molecule has 4 amide bonds. The number of hydrogen-bond donors (Lipinski definition) is 5. The first-order valence-electron chi connectivity index (χ1n) is 13.3. The summed E-state index contributed by atoms with van der Waals surface area (Å²) in [7, 11) is 2.95. The highest BCUT2D eigenvalue weighted by molar-refractivity contribution is 7.98. The predicted octanol–water partition coefficient (Wildman–Crippen LogP) is 3.86. The van der Waals surface area contributed by atoms with E-state index in [9.17, 15) is 24.3 Å². The Morgan fingerprint density at radius 1 is 0.930 bits per heavy atom. The summed E-state index contributed by atoms with van der Waals surface area (Å²) in [6.07, 6.45) is 3.43. The molecular weight excluding hydrogens is 574 g/mol. The molecule has 13 heteroatoms. The number of carbonyl (C=O) groups is 4. The van der Waals surface area contributed by atoms with Gasteiger partial charge in [-0.2, -0.15) is 11.8 Å². The Morgan fingerprint density at radius 3 is 2.30 bits per heavy atom. The quantitative estimate of drug-likeness (QED) is 0.172. The summed E-state index contributed by atoms with van der Waals surface area (Å²) in [6.45, 7) is 0. The molecule has 0 aliphatic heterocycles. The molecule has 0 bridgehead atoms. The Balaban J connectivity index is 1.63. The van der Waals surface area contributed by atoms with Crippen molar-refractivity contribution in [2.24, 2.45) is 0 Å². The third-order valence-electron chi connectivity index (χ3n) is 6.25. The van der Waals surface area contributed by atoms with Gasteiger partial charge in [-0.25, -0.2) is 9.78 Å². The van der Waals surface area contributed by atoms with Crippen LogP contribution in [0.5, 0.6) is 11.5 Å². The topological polar surface area (TPSA) is 168 Å². The molecule has 1 aromatic heterocycles. The van der Waals surface area contributed by atoms with Crippen molar-refractivity contribution in [2.75, 3.05) is 36.9 Å². The third-order valence-corrected chi connectivity index (χ3v) is 6.89. The number of nitrogens with one attached hydrogen (secondary N) is 4. The van der Waals surface area contributed by atoms with Gasteiger partial charge in [0.25, 0.3) is 0 Å². The number of methoxy groups -OCH3 is 2. The van der Waals surface area contributed by atoms with Crippen molar-refractivity contribution >= 4 is 47.1 Å². The number of urea groups is 1. The van der Waals surface area contributed by atoms with Crippen molar-refractivity contribution in [1.29, 1.82) is 0 Å². The van der Waals surface area contributed by atoms with E-state index in [-0.39, 0.29) is 18.7 Å². The van der Waals surface area contributed by atoms with Crippen LogP contribution in [-0.2, 0) is 20.8 Å². The minimum Gasteiger partial charge on any atom is -0.493 e. The molecule has 1 heterocycles. The number of ether oxygens (including phenoxy) is 2. The van der Waals surface area contributed by atoms with Crippen LogP contribution < -0.4 is 30.7 Å². The van der Waals surface area contributed by atoms with Gasteiger partial charge in [0, 0.05) is 11.9 Å². The van der Waals surface area contributed by atoms with E-state index in [1.165, 1.54) is 26.0 Å². The van der Waals surface area contributed by atoms with Gasteiger partial charge in [0.1, 0.15) is 11.9 Å². The second-order valence-corrected chi connectivity index (χ2v) is 10.3. The number of benzene rings is 2. The lowest BCUT2D eigenvalue weighted by molar-refractivity contribution is -0.138. The van der Waals surface area contributed by atoms with Gasteiger partial charge in [-0.1, -0.05) is 24.3 Å². The lowest BCUT2D eigenvalue weighted by Gasteiger charge is -2.23. The summed E-state index contributed by atoms with van der Waals surface area (Å²) < 4.78 is 10.6. The number of carboxylic acid groups (broad SMARTS) is 1. The van der Waals surface area contributed by atoms with Crippen molar-refractivity contribution < 1.29 is 33.8 Å². The summed E-state index contributed by atoms with van der Waals surface area (Å²) in [5.41, 5.74) is 1.71. The van der Waals surface area contributed by atoms with E-state index in [4.69, 9.17) is 9.47 Å². The van der Waals surface area contributed by atoms with Crippen LogP contribution in [0.4, 0.5) is 16.3 Å². The zero-order valence-electron chi connectivity index (χ0n) is 24.1. The fraction of sp³-hybridized carbons (Fsp3) is 0.300.